The molecule has 2 heterocycles. The van der Waals surface area contributed by atoms with E-state index in [4.69, 9.17) is 9.47 Å². The molecule has 0 amide bonds. The van der Waals surface area contributed by atoms with Gasteiger partial charge in [-0.3, -0.25) is 0 Å². The second-order valence-electron chi connectivity index (χ2n) is 7.02. The zero-order valence-corrected chi connectivity index (χ0v) is 17.5. The van der Waals surface area contributed by atoms with Gasteiger partial charge in [0.25, 0.3) is 0 Å². The minimum Gasteiger partial charge on any atom is -0.497 e. The quantitative estimate of drug-likeness (QED) is 0.588. The minimum absolute atomic E-state index is 0.0365. The number of methoxy groups -OCH3 is 1. The molecule has 1 saturated heterocycles. The molecule has 1 aliphatic heterocycles. The van der Waals surface area contributed by atoms with Crippen LogP contribution in [0.1, 0.15) is 11.8 Å². The summed E-state index contributed by atoms with van der Waals surface area (Å²) in [4.78, 5) is 2.09. The highest BCUT2D eigenvalue weighted by molar-refractivity contribution is 7.99. The highest BCUT2D eigenvalue weighted by Gasteiger charge is 2.30. The van der Waals surface area contributed by atoms with Gasteiger partial charge in [0, 0.05) is 31.1 Å². The molecular formula is C20H25N6O2S+. The Morgan fingerprint density at radius 3 is 2.62 bits per heavy atom. The van der Waals surface area contributed by atoms with Crippen LogP contribution in [0.15, 0.2) is 53.7 Å². The van der Waals surface area contributed by atoms with Crippen molar-refractivity contribution < 1.29 is 14.8 Å². The van der Waals surface area contributed by atoms with Crippen molar-refractivity contribution in [3.05, 3.63) is 54.1 Å². The summed E-state index contributed by atoms with van der Waals surface area (Å²) in [7, 11) is 5.73. The molecule has 8 nitrogen and oxygen atoms in total. The molecule has 1 aliphatic rings. The predicted molar refractivity (Wildman–Crippen MR) is 112 cm³/mol. The summed E-state index contributed by atoms with van der Waals surface area (Å²) in [6.07, 6.45) is 0.175. The molecule has 9 heteroatoms. The second kappa shape index (κ2) is 8.81. The first-order valence-electron chi connectivity index (χ1n) is 9.45. The van der Waals surface area contributed by atoms with Gasteiger partial charge >= 0.3 is 0 Å². The van der Waals surface area contributed by atoms with E-state index in [0.717, 1.165) is 28.9 Å². The fourth-order valence-corrected chi connectivity index (χ4v) is 4.11. The van der Waals surface area contributed by atoms with Crippen LogP contribution in [-0.2, 0) is 4.74 Å². The third-order valence-corrected chi connectivity index (χ3v) is 5.90. The molecule has 0 unspecified atom stereocenters. The Balaban J connectivity index is 1.35. The van der Waals surface area contributed by atoms with Gasteiger partial charge < -0.3 is 19.7 Å². The third-order valence-electron chi connectivity index (χ3n) is 4.85. The topological polar surface area (TPSA) is 81.9 Å². The van der Waals surface area contributed by atoms with E-state index in [1.807, 2.05) is 38.4 Å². The summed E-state index contributed by atoms with van der Waals surface area (Å²) in [6.45, 7) is 0.914. The normalized spacial score (nSPS) is 18.7. The molecule has 1 aromatic heterocycles. The zero-order chi connectivity index (χ0) is 20.2. The number of rotatable bonds is 7. The molecule has 0 radical (unpaired) electrons. The van der Waals surface area contributed by atoms with Crippen molar-refractivity contribution in [2.45, 2.75) is 17.5 Å². The fraction of sp³-hybridized carbons (Fsp3) is 0.350. The summed E-state index contributed by atoms with van der Waals surface area (Å²) in [5.41, 5.74) is 3.27. The number of anilines is 1. The number of hydrogen-bond donors (Lipinski definition) is 1. The summed E-state index contributed by atoms with van der Waals surface area (Å²) in [5, 5.41) is 15.1. The monoisotopic (exact) mass is 413 g/mol. The highest BCUT2D eigenvalue weighted by Crippen LogP contribution is 2.25. The number of nitrogens with zero attached hydrogens (tertiary/aromatic N) is 5. The molecule has 2 aromatic carbocycles. The van der Waals surface area contributed by atoms with E-state index < -0.39 is 0 Å². The summed E-state index contributed by atoms with van der Waals surface area (Å²) in [6, 6.07) is 16.2. The van der Waals surface area contributed by atoms with Crippen LogP contribution in [0.2, 0.25) is 0 Å². The highest BCUT2D eigenvalue weighted by atomic mass is 32.2. The average Bonchev–Trinajstić information content (AvgIpc) is 3.42. The van der Waals surface area contributed by atoms with Crippen LogP contribution < -0.4 is 15.0 Å². The maximum Gasteiger partial charge on any atom is 0.217 e. The zero-order valence-electron chi connectivity index (χ0n) is 16.7. The Labute approximate surface area is 174 Å². The van der Waals surface area contributed by atoms with Crippen LogP contribution in [0.3, 0.4) is 0 Å². The molecule has 0 aliphatic carbocycles. The van der Waals surface area contributed by atoms with Crippen molar-refractivity contribution >= 4 is 17.4 Å². The van der Waals surface area contributed by atoms with Crippen molar-refractivity contribution in [3.63, 3.8) is 0 Å². The molecule has 2 N–H and O–H groups in total. The van der Waals surface area contributed by atoms with Gasteiger partial charge in [0.1, 0.15) is 18.4 Å². The SMILES string of the molecule is COc1ccc(-n2nnnc2SC[C@H]2C[NH2+][C@H](c3ccc(N(C)C)cc3)O2)cc1. The van der Waals surface area contributed by atoms with E-state index in [1.54, 1.807) is 23.6 Å². The van der Waals surface area contributed by atoms with E-state index in [-0.39, 0.29) is 12.3 Å². The van der Waals surface area contributed by atoms with Crippen LogP contribution in [0.25, 0.3) is 5.69 Å². The Morgan fingerprint density at radius 1 is 1.17 bits per heavy atom. The lowest BCUT2D eigenvalue weighted by molar-refractivity contribution is -0.697. The Hall–Kier alpha value is -2.62. The largest absolute Gasteiger partial charge is 0.497 e. The molecule has 3 aromatic rings. The standard InChI is InChI=1S/C20H24N6O2S/c1-25(2)15-6-4-14(5-7-15)19-21-12-18(28-19)13-29-20-22-23-24-26(20)16-8-10-17(27-3)11-9-16/h4-11,18-19,21H,12-13H2,1-3H3/p+1/t18-,19+/m1/s1. The summed E-state index contributed by atoms with van der Waals surface area (Å²) >= 11 is 1.60. The van der Waals surface area contributed by atoms with Crippen LogP contribution in [0.4, 0.5) is 5.69 Å². The van der Waals surface area contributed by atoms with Crippen LogP contribution in [0, 0.1) is 0 Å². The number of aromatic nitrogens is 4. The number of ether oxygens (including phenoxy) is 2. The first-order chi connectivity index (χ1) is 14.1. The lowest BCUT2D eigenvalue weighted by Crippen LogP contribution is -2.82. The van der Waals surface area contributed by atoms with E-state index >= 15 is 0 Å². The average molecular weight is 414 g/mol. The third kappa shape index (κ3) is 4.52. The maximum absolute atomic E-state index is 6.24. The fourth-order valence-electron chi connectivity index (χ4n) is 3.20. The van der Waals surface area contributed by atoms with Gasteiger partial charge in [-0.1, -0.05) is 11.8 Å². The first-order valence-corrected chi connectivity index (χ1v) is 10.4. The van der Waals surface area contributed by atoms with Gasteiger partial charge in [-0.2, -0.15) is 4.68 Å². The van der Waals surface area contributed by atoms with Gasteiger partial charge in [-0.15, -0.1) is 5.10 Å². The second-order valence-corrected chi connectivity index (χ2v) is 8.01. The molecule has 2 atom stereocenters. The maximum atomic E-state index is 6.24. The van der Waals surface area contributed by atoms with Crippen molar-refractivity contribution in [2.75, 3.05) is 38.4 Å². The predicted octanol–water partition coefficient (Wildman–Crippen LogP) is 1.49. The van der Waals surface area contributed by atoms with Gasteiger partial charge in [-0.05, 0) is 59.0 Å². The molecular weight excluding hydrogens is 388 g/mol. The van der Waals surface area contributed by atoms with Crippen molar-refractivity contribution in [1.29, 1.82) is 0 Å². The minimum atomic E-state index is 0.0365. The smallest absolute Gasteiger partial charge is 0.217 e. The molecule has 152 valence electrons. The molecule has 4 rings (SSSR count). The van der Waals surface area contributed by atoms with E-state index in [2.05, 4.69) is 50.0 Å². The van der Waals surface area contributed by atoms with Crippen LogP contribution in [-0.4, -0.2) is 59.8 Å². The lowest BCUT2D eigenvalue weighted by Gasteiger charge is -2.14. The van der Waals surface area contributed by atoms with Gasteiger partial charge in [0.05, 0.1) is 12.8 Å². The number of benzene rings is 2. The number of tetrazole rings is 1. The van der Waals surface area contributed by atoms with E-state index in [9.17, 15) is 0 Å². The van der Waals surface area contributed by atoms with Gasteiger partial charge in [0.15, 0.2) is 0 Å². The van der Waals surface area contributed by atoms with Crippen LogP contribution in [0.5, 0.6) is 5.75 Å². The Bertz CT molecular complexity index is 929. The number of quaternary nitrogens is 1. The summed E-state index contributed by atoms with van der Waals surface area (Å²) < 4.78 is 13.2. The van der Waals surface area contributed by atoms with Crippen molar-refractivity contribution in [2.24, 2.45) is 0 Å². The molecule has 0 bridgehead atoms. The first kappa shape index (κ1) is 19.7. The molecule has 0 saturated carbocycles. The summed E-state index contributed by atoms with van der Waals surface area (Å²) in [5.74, 6) is 1.59. The molecule has 1 fully saturated rings. The van der Waals surface area contributed by atoms with Crippen molar-refractivity contribution in [1.82, 2.24) is 20.2 Å². The Morgan fingerprint density at radius 2 is 1.93 bits per heavy atom. The lowest BCUT2D eigenvalue weighted by atomic mass is 10.2. The van der Waals surface area contributed by atoms with Gasteiger partial charge in [0.2, 0.25) is 11.4 Å². The van der Waals surface area contributed by atoms with E-state index in [1.165, 1.54) is 11.3 Å². The molecule has 0 spiro atoms. The number of thioether (sulfide) groups is 1. The van der Waals surface area contributed by atoms with Gasteiger partial charge in [-0.25, -0.2) is 0 Å². The van der Waals surface area contributed by atoms with E-state index in [0.29, 0.717) is 0 Å². The molecule has 29 heavy (non-hydrogen) atoms. The number of hydrogen-bond acceptors (Lipinski definition) is 7. The Kier molecular flexibility index (Phi) is 5.98. The number of nitrogens with two attached hydrogens (primary N) is 1. The van der Waals surface area contributed by atoms with Crippen molar-refractivity contribution in [3.8, 4) is 11.4 Å². The van der Waals surface area contributed by atoms with Crippen LogP contribution >= 0.6 is 11.8 Å².